The molecule has 0 aliphatic heterocycles. The van der Waals surface area contributed by atoms with Crippen LogP contribution >= 0.6 is 27.5 Å². The Morgan fingerprint density at radius 1 is 1.23 bits per heavy atom. The Kier molecular flexibility index (Phi) is 4.54. The summed E-state index contributed by atoms with van der Waals surface area (Å²) in [5.41, 5.74) is 0.915. The van der Waals surface area contributed by atoms with Crippen molar-refractivity contribution in [2.45, 2.75) is 30.3 Å². The summed E-state index contributed by atoms with van der Waals surface area (Å²) in [4.78, 5) is 4.11. The maximum Gasteiger partial charge on any atom is 0.245 e. The fraction of sp³-hybridized carbons (Fsp3) is 0.267. The van der Waals surface area contributed by atoms with Gasteiger partial charge in [0, 0.05) is 29.5 Å². The van der Waals surface area contributed by atoms with Crippen LogP contribution in [0, 0.1) is 0 Å². The van der Waals surface area contributed by atoms with Crippen molar-refractivity contribution in [2.75, 3.05) is 0 Å². The first-order valence-electron chi connectivity index (χ1n) is 6.84. The summed E-state index contributed by atoms with van der Waals surface area (Å²) in [5, 5.41) is 0.231. The van der Waals surface area contributed by atoms with Crippen LogP contribution in [-0.2, 0) is 16.6 Å². The molecule has 1 fully saturated rings. The number of halogens is 2. The smallest absolute Gasteiger partial charge is 0.245 e. The molecule has 1 heterocycles. The minimum atomic E-state index is -3.62. The quantitative estimate of drug-likeness (QED) is 0.764. The number of hydrogen-bond acceptors (Lipinski definition) is 3. The molecule has 7 heteroatoms. The number of pyridine rings is 1. The molecular weight excluding hydrogens is 388 g/mol. The van der Waals surface area contributed by atoms with Gasteiger partial charge in [-0.3, -0.25) is 4.98 Å². The van der Waals surface area contributed by atoms with E-state index >= 15 is 0 Å². The highest BCUT2D eigenvalue weighted by molar-refractivity contribution is 9.10. The van der Waals surface area contributed by atoms with Crippen molar-refractivity contribution in [1.82, 2.24) is 9.29 Å². The predicted molar refractivity (Wildman–Crippen MR) is 89.1 cm³/mol. The Morgan fingerprint density at radius 2 is 1.91 bits per heavy atom. The lowest BCUT2D eigenvalue weighted by Gasteiger charge is -2.22. The van der Waals surface area contributed by atoms with Gasteiger partial charge in [-0.25, -0.2) is 8.42 Å². The van der Waals surface area contributed by atoms with Crippen LogP contribution in [0.4, 0.5) is 0 Å². The molecule has 0 unspecified atom stereocenters. The zero-order valence-electron chi connectivity index (χ0n) is 11.6. The minimum absolute atomic E-state index is 0.0536. The third-order valence-corrected chi connectivity index (χ3v) is 6.40. The van der Waals surface area contributed by atoms with Crippen LogP contribution in [0.3, 0.4) is 0 Å². The predicted octanol–water partition coefficient (Wildman–Crippen LogP) is 3.85. The largest absolute Gasteiger partial charge is 0.265 e. The van der Waals surface area contributed by atoms with Gasteiger partial charge in [0.1, 0.15) is 4.90 Å². The monoisotopic (exact) mass is 400 g/mol. The fourth-order valence-corrected chi connectivity index (χ4v) is 4.94. The second-order valence-electron chi connectivity index (χ2n) is 5.21. The first kappa shape index (κ1) is 15.9. The summed E-state index contributed by atoms with van der Waals surface area (Å²) in [6, 6.07) is 8.55. The van der Waals surface area contributed by atoms with Gasteiger partial charge in [-0.15, -0.1) is 0 Å². The molecule has 0 spiro atoms. The molecule has 1 aromatic heterocycles. The van der Waals surface area contributed by atoms with Crippen molar-refractivity contribution >= 4 is 37.6 Å². The van der Waals surface area contributed by atoms with Crippen LogP contribution in [0.25, 0.3) is 0 Å². The lowest BCUT2D eigenvalue weighted by Crippen LogP contribution is -2.32. The molecule has 1 aliphatic carbocycles. The van der Waals surface area contributed by atoms with E-state index in [1.165, 1.54) is 4.31 Å². The summed E-state index contributed by atoms with van der Waals surface area (Å²) in [6.07, 6.45) is 5.11. The number of aromatic nitrogens is 1. The highest BCUT2D eigenvalue weighted by Crippen LogP contribution is 2.36. The maximum atomic E-state index is 13.0. The molecular formula is C15H14BrClN2O2S. The van der Waals surface area contributed by atoms with Crippen molar-refractivity contribution in [3.63, 3.8) is 0 Å². The molecule has 0 N–H and O–H groups in total. The molecule has 2 aromatic rings. The van der Waals surface area contributed by atoms with E-state index in [4.69, 9.17) is 11.6 Å². The van der Waals surface area contributed by atoms with Crippen LogP contribution in [0.15, 0.2) is 52.1 Å². The lowest BCUT2D eigenvalue weighted by molar-refractivity contribution is 0.398. The molecule has 0 radical (unpaired) electrons. The van der Waals surface area contributed by atoms with E-state index in [2.05, 4.69) is 20.9 Å². The van der Waals surface area contributed by atoms with E-state index in [0.717, 1.165) is 22.9 Å². The van der Waals surface area contributed by atoms with E-state index in [1.54, 1.807) is 30.6 Å². The van der Waals surface area contributed by atoms with E-state index < -0.39 is 10.0 Å². The first-order chi connectivity index (χ1) is 10.5. The molecule has 22 heavy (non-hydrogen) atoms. The van der Waals surface area contributed by atoms with Crippen molar-refractivity contribution < 1.29 is 8.42 Å². The molecule has 1 saturated carbocycles. The average molecular weight is 402 g/mol. The van der Waals surface area contributed by atoms with E-state index in [-0.39, 0.29) is 16.0 Å². The number of rotatable bonds is 5. The summed E-state index contributed by atoms with van der Waals surface area (Å²) in [5.74, 6) is 0. The Labute approximate surface area is 143 Å². The molecule has 0 atom stereocenters. The van der Waals surface area contributed by atoms with E-state index in [1.807, 2.05) is 12.1 Å². The van der Waals surface area contributed by atoms with Crippen LogP contribution in [0.5, 0.6) is 0 Å². The molecule has 116 valence electrons. The van der Waals surface area contributed by atoms with Crippen LogP contribution in [0.2, 0.25) is 5.02 Å². The highest BCUT2D eigenvalue weighted by Gasteiger charge is 2.38. The van der Waals surface area contributed by atoms with Crippen molar-refractivity contribution in [2.24, 2.45) is 0 Å². The minimum Gasteiger partial charge on any atom is -0.265 e. The van der Waals surface area contributed by atoms with Crippen molar-refractivity contribution in [3.05, 3.63) is 57.8 Å². The molecule has 1 aliphatic rings. The van der Waals surface area contributed by atoms with E-state index in [9.17, 15) is 8.42 Å². The molecule has 4 nitrogen and oxygen atoms in total. The normalized spacial score (nSPS) is 15.2. The number of sulfonamides is 1. The van der Waals surface area contributed by atoms with Gasteiger partial charge in [0.15, 0.2) is 0 Å². The lowest BCUT2D eigenvalue weighted by atomic mass is 10.3. The van der Waals surface area contributed by atoms with Crippen molar-refractivity contribution in [1.29, 1.82) is 0 Å². The standard InChI is InChI=1S/C15H14BrClN2O2S/c16-12-1-4-15(14(17)9-12)22(20,21)19(13-2-3-13)10-11-5-7-18-8-6-11/h1,4-9,13H,2-3,10H2. The fourth-order valence-electron chi connectivity index (χ4n) is 2.25. The van der Waals surface area contributed by atoms with Gasteiger partial charge >= 0.3 is 0 Å². The molecule has 3 rings (SSSR count). The highest BCUT2D eigenvalue weighted by atomic mass is 79.9. The Morgan fingerprint density at radius 3 is 2.50 bits per heavy atom. The Balaban J connectivity index is 1.96. The number of hydrogen-bond donors (Lipinski definition) is 0. The second-order valence-corrected chi connectivity index (χ2v) is 8.39. The summed E-state index contributed by atoms with van der Waals surface area (Å²) < 4.78 is 28.2. The van der Waals surface area contributed by atoms with Crippen molar-refractivity contribution in [3.8, 4) is 0 Å². The van der Waals surface area contributed by atoms with Gasteiger partial charge in [0.25, 0.3) is 0 Å². The third kappa shape index (κ3) is 3.35. The van der Waals surface area contributed by atoms with Gasteiger partial charge in [0.2, 0.25) is 10.0 Å². The molecule has 0 saturated heterocycles. The second kappa shape index (κ2) is 6.28. The van der Waals surface area contributed by atoms with Gasteiger partial charge < -0.3 is 0 Å². The van der Waals surface area contributed by atoms with Gasteiger partial charge in [0.05, 0.1) is 5.02 Å². The number of benzene rings is 1. The number of nitrogens with zero attached hydrogens (tertiary/aromatic N) is 2. The van der Waals surface area contributed by atoms with E-state index in [0.29, 0.717) is 6.54 Å². The van der Waals surface area contributed by atoms with Gasteiger partial charge in [-0.05, 0) is 48.7 Å². The Bertz CT molecular complexity index is 779. The van der Waals surface area contributed by atoms with Gasteiger partial charge in [-0.2, -0.15) is 4.31 Å². The first-order valence-corrected chi connectivity index (χ1v) is 9.45. The summed E-state index contributed by atoms with van der Waals surface area (Å²) in [7, 11) is -3.62. The summed E-state index contributed by atoms with van der Waals surface area (Å²) in [6.45, 7) is 0.335. The van der Waals surface area contributed by atoms with Crippen LogP contribution < -0.4 is 0 Å². The molecule has 0 amide bonds. The zero-order valence-corrected chi connectivity index (χ0v) is 14.8. The van der Waals surface area contributed by atoms with Crippen LogP contribution in [-0.4, -0.2) is 23.7 Å². The molecule has 1 aromatic carbocycles. The zero-order chi connectivity index (χ0) is 15.7. The topological polar surface area (TPSA) is 50.3 Å². The van der Waals surface area contributed by atoms with Gasteiger partial charge in [-0.1, -0.05) is 27.5 Å². The van der Waals surface area contributed by atoms with Crippen LogP contribution in [0.1, 0.15) is 18.4 Å². The Hall–Kier alpha value is -0.950. The summed E-state index contributed by atoms with van der Waals surface area (Å²) >= 11 is 9.44. The molecule has 0 bridgehead atoms. The SMILES string of the molecule is O=S(=O)(c1ccc(Br)cc1Cl)N(Cc1ccncc1)C1CC1. The average Bonchev–Trinajstić information content (AvgIpc) is 3.29. The maximum absolute atomic E-state index is 13.0. The third-order valence-electron chi connectivity index (χ3n) is 3.52.